The molecule has 0 saturated heterocycles. The van der Waals surface area contributed by atoms with E-state index in [1.54, 1.807) is 23.3 Å². The fourth-order valence-electron chi connectivity index (χ4n) is 1.67. The van der Waals surface area contributed by atoms with E-state index in [4.69, 9.17) is 0 Å². The molecule has 0 radical (unpaired) electrons. The number of aromatic nitrogens is 2. The van der Waals surface area contributed by atoms with E-state index in [2.05, 4.69) is 4.98 Å². The molecule has 0 atom stereocenters. The second-order valence-corrected chi connectivity index (χ2v) is 3.49. The third-order valence-corrected chi connectivity index (χ3v) is 2.49. The van der Waals surface area contributed by atoms with E-state index in [-0.39, 0.29) is 5.88 Å². The van der Waals surface area contributed by atoms with Gasteiger partial charge in [0.1, 0.15) is 6.33 Å². The minimum absolute atomic E-state index is 0.242. The molecule has 1 aromatic heterocycles. The number of benzene rings is 1. The van der Waals surface area contributed by atoms with Crippen LogP contribution in [0, 0.1) is 0 Å². The highest BCUT2D eigenvalue weighted by molar-refractivity contribution is 5.79. The molecule has 1 N–H and O–H groups in total. The molecule has 82 valence electrons. The lowest BCUT2D eigenvalue weighted by Crippen LogP contribution is -1.97. The van der Waals surface area contributed by atoms with E-state index >= 15 is 0 Å². The van der Waals surface area contributed by atoms with Gasteiger partial charge in [-0.3, -0.25) is 4.57 Å². The molecule has 1 heterocycles. The van der Waals surface area contributed by atoms with Crippen LogP contribution in [0.25, 0.3) is 11.5 Å². The van der Waals surface area contributed by atoms with Crippen LogP contribution in [0.2, 0.25) is 0 Å². The van der Waals surface area contributed by atoms with Gasteiger partial charge < -0.3 is 5.11 Å². The first-order valence-electron chi connectivity index (χ1n) is 5.28. The van der Waals surface area contributed by atoms with Crippen LogP contribution in [0.1, 0.15) is 18.9 Å². The highest BCUT2D eigenvalue weighted by atomic mass is 16.3. The van der Waals surface area contributed by atoms with Gasteiger partial charge in [0.15, 0.2) is 5.88 Å². The molecule has 3 heteroatoms. The summed E-state index contributed by atoms with van der Waals surface area (Å²) < 4.78 is 1.62. The SMILES string of the molecule is CC/C(=C(/O)n1ccnc1)c1ccccc1. The smallest absolute Gasteiger partial charge is 0.200 e. The van der Waals surface area contributed by atoms with Gasteiger partial charge in [-0.25, -0.2) is 4.98 Å². The van der Waals surface area contributed by atoms with E-state index < -0.39 is 0 Å². The molecule has 0 spiro atoms. The van der Waals surface area contributed by atoms with Gasteiger partial charge in [-0.15, -0.1) is 0 Å². The monoisotopic (exact) mass is 214 g/mol. The van der Waals surface area contributed by atoms with Crippen molar-refractivity contribution in [2.24, 2.45) is 0 Å². The predicted molar refractivity (Wildman–Crippen MR) is 64.7 cm³/mol. The molecule has 1 aromatic carbocycles. The Balaban J connectivity index is 2.47. The van der Waals surface area contributed by atoms with Crippen LogP contribution in [-0.4, -0.2) is 14.7 Å². The van der Waals surface area contributed by atoms with Gasteiger partial charge in [0.05, 0.1) is 0 Å². The van der Waals surface area contributed by atoms with Gasteiger partial charge in [-0.1, -0.05) is 37.3 Å². The topological polar surface area (TPSA) is 38.0 Å². The molecular weight excluding hydrogens is 200 g/mol. The van der Waals surface area contributed by atoms with Gasteiger partial charge in [-0.05, 0) is 12.0 Å². The summed E-state index contributed by atoms with van der Waals surface area (Å²) in [5, 5.41) is 10.1. The van der Waals surface area contributed by atoms with Crippen molar-refractivity contribution in [2.75, 3.05) is 0 Å². The van der Waals surface area contributed by atoms with Gasteiger partial charge in [0, 0.05) is 18.0 Å². The molecule has 0 amide bonds. The van der Waals surface area contributed by atoms with Crippen molar-refractivity contribution in [3.05, 3.63) is 54.6 Å². The Morgan fingerprint density at radius 2 is 2.06 bits per heavy atom. The number of imidazole rings is 1. The number of aliphatic hydroxyl groups excluding tert-OH is 1. The summed E-state index contributed by atoms with van der Waals surface area (Å²) in [7, 11) is 0. The van der Waals surface area contributed by atoms with Crippen LogP contribution in [0.5, 0.6) is 0 Å². The molecule has 3 nitrogen and oxygen atoms in total. The summed E-state index contributed by atoms with van der Waals surface area (Å²) in [4.78, 5) is 3.92. The van der Waals surface area contributed by atoms with Crippen molar-refractivity contribution in [1.82, 2.24) is 9.55 Å². The quantitative estimate of drug-likeness (QED) is 0.797. The average molecular weight is 214 g/mol. The molecule has 0 saturated carbocycles. The van der Waals surface area contributed by atoms with Crippen molar-refractivity contribution < 1.29 is 5.11 Å². The number of allylic oxidation sites excluding steroid dienone is 1. The summed E-state index contributed by atoms with van der Waals surface area (Å²) in [5.74, 6) is 0.242. The first-order valence-corrected chi connectivity index (χ1v) is 5.28. The van der Waals surface area contributed by atoms with E-state index in [0.717, 1.165) is 17.6 Å². The predicted octanol–water partition coefficient (Wildman–Crippen LogP) is 3.18. The molecule has 0 bridgehead atoms. The summed E-state index contributed by atoms with van der Waals surface area (Å²) in [5.41, 5.74) is 1.95. The summed E-state index contributed by atoms with van der Waals surface area (Å²) >= 11 is 0. The summed E-state index contributed by atoms with van der Waals surface area (Å²) in [6.07, 6.45) is 5.74. The number of nitrogens with zero attached hydrogens (tertiary/aromatic N) is 2. The lowest BCUT2D eigenvalue weighted by Gasteiger charge is -2.09. The van der Waals surface area contributed by atoms with Crippen LogP contribution in [0.3, 0.4) is 0 Å². The fraction of sp³-hybridized carbons (Fsp3) is 0.154. The Morgan fingerprint density at radius 1 is 1.31 bits per heavy atom. The van der Waals surface area contributed by atoms with Gasteiger partial charge in [0.25, 0.3) is 0 Å². The summed E-state index contributed by atoms with van der Waals surface area (Å²) in [6.45, 7) is 2.02. The van der Waals surface area contributed by atoms with E-state index in [1.165, 1.54) is 0 Å². The number of hydrogen-bond acceptors (Lipinski definition) is 2. The lowest BCUT2D eigenvalue weighted by molar-refractivity contribution is 0.472. The molecule has 0 aliphatic carbocycles. The van der Waals surface area contributed by atoms with Gasteiger partial charge in [0.2, 0.25) is 0 Å². The number of hydrogen-bond donors (Lipinski definition) is 1. The van der Waals surface area contributed by atoms with Crippen molar-refractivity contribution in [3.63, 3.8) is 0 Å². The Hall–Kier alpha value is -2.03. The lowest BCUT2D eigenvalue weighted by atomic mass is 10.0. The first kappa shape index (κ1) is 10.5. The Labute approximate surface area is 94.7 Å². The third-order valence-electron chi connectivity index (χ3n) is 2.49. The minimum Gasteiger partial charge on any atom is -0.494 e. The molecule has 0 aliphatic rings. The van der Waals surface area contributed by atoms with Crippen LogP contribution in [-0.2, 0) is 0 Å². The standard InChI is InChI=1S/C13H14N2O/c1-2-12(11-6-4-3-5-7-11)13(16)15-9-8-14-10-15/h3-10,16H,2H2,1H3/b13-12-. The van der Waals surface area contributed by atoms with Crippen LogP contribution in [0.15, 0.2) is 49.1 Å². The Morgan fingerprint density at radius 3 is 2.62 bits per heavy atom. The summed E-state index contributed by atoms with van der Waals surface area (Å²) in [6, 6.07) is 9.88. The minimum atomic E-state index is 0.242. The van der Waals surface area contributed by atoms with Crippen LogP contribution >= 0.6 is 0 Å². The van der Waals surface area contributed by atoms with Crippen molar-refractivity contribution in [1.29, 1.82) is 0 Å². The number of rotatable bonds is 3. The maximum absolute atomic E-state index is 10.1. The van der Waals surface area contributed by atoms with Gasteiger partial charge >= 0.3 is 0 Å². The Bertz CT molecular complexity index is 472. The number of aliphatic hydroxyl groups is 1. The van der Waals surface area contributed by atoms with Crippen molar-refractivity contribution in [3.8, 4) is 0 Å². The average Bonchev–Trinajstić information content (AvgIpc) is 2.85. The Kier molecular flexibility index (Phi) is 3.05. The normalized spacial score (nSPS) is 12.3. The van der Waals surface area contributed by atoms with Crippen molar-refractivity contribution >= 4 is 11.5 Å². The maximum atomic E-state index is 10.1. The largest absolute Gasteiger partial charge is 0.494 e. The molecular formula is C13H14N2O. The first-order chi connectivity index (χ1) is 7.83. The van der Waals surface area contributed by atoms with E-state index in [1.807, 2.05) is 37.3 Å². The highest BCUT2D eigenvalue weighted by Crippen LogP contribution is 2.22. The maximum Gasteiger partial charge on any atom is 0.200 e. The van der Waals surface area contributed by atoms with E-state index in [0.29, 0.717) is 0 Å². The van der Waals surface area contributed by atoms with E-state index in [9.17, 15) is 5.11 Å². The molecule has 2 rings (SSSR count). The zero-order chi connectivity index (χ0) is 11.4. The zero-order valence-corrected chi connectivity index (χ0v) is 9.17. The van der Waals surface area contributed by atoms with Crippen molar-refractivity contribution in [2.45, 2.75) is 13.3 Å². The molecule has 0 unspecified atom stereocenters. The second kappa shape index (κ2) is 4.66. The third kappa shape index (κ3) is 1.98. The zero-order valence-electron chi connectivity index (χ0n) is 9.17. The molecule has 0 fully saturated rings. The fourth-order valence-corrected chi connectivity index (χ4v) is 1.67. The van der Waals surface area contributed by atoms with Gasteiger partial charge in [-0.2, -0.15) is 0 Å². The molecule has 2 aromatic rings. The molecule has 16 heavy (non-hydrogen) atoms. The molecule has 0 aliphatic heterocycles. The second-order valence-electron chi connectivity index (χ2n) is 3.49. The highest BCUT2D eigenvalue weighted by Gasteiger charge is 2.07. The van der Waals surface area contributed by atoms with Crippen LogP contribution in [0.4, 0.5) is 0 Å². The van der Waals surface area contributed by atoms with Crippen LogP contribution < -0.4 is 0 Å².